The van der Waals surface area contributed by atoms with Gasteiger partial charge in [0.15, 0.2) is 0 Å². The molecule has 0 bridgehead atoms. The normalized spacial score (nSPS) is 15.3. The van der Waals surface area contributed by atoms with Crippen LogP contribution < -0.4 is 20.4 Å². The smallest absolute Gasteiger partial charge is 0.305 e. The molecule has 0 aliphatic carbocycles. The third-order valence-electron chi connectivity index (χ3n) is 6.21. The number of anilines is 2. The van der Waals surface area contributed by atoms with E-state index in [4.69, 9.17) is 5.11 Å². The zero-order chi connectivity index (χ0) is 28.6. The Morgan fingerprint density at radius 2 is 1.45 bits per heavy atom. The summed E-state index contributed by atoms with van der Waals surface area (Å²) >= 11 is 0. The molecule has 4 rings (SSSR count). The van der Waals surface area contributed by atoms with Crippen molar-refractivity contribution in [2.75, 3.05) is 22.9 Å². The summed E-state index contributed by atoms with van der Waals surface area (Å²) in [6.07, 6.45) is -0.331. The largest absolute Gasteiger partial charge is 0.481 e. The van der Waals surface area contributed by atoms with Crippen LogP contribution in [-0.2, 0) is 19.2 Å². The summed E-state index contributed by atoms with van der Waals surface area (Å²) in [5.74, 6) is -3.72. The standard InChI is InChI=1S/C29H26N4O7/c34-18-21(15-26(36)37)30-25(35)17-33-24-14-8-7-13-23(24)32(28(39)20-11-5-2-6-12-20)16-22(29(33)40)31-27(38)19-9-3-1-4-10-19/h1-14,18,21-22H,15-17H2,(H,30,35)(H,31,38)(H,36,37)/t21-,22-/m0/s1. The lowest BCUT2D eigenvalue weighted by molar-refractivity contribution is -0.138. The third-order valence-corrected chi connectivity index (χ3v) is 6.21. The molecule has 11 heteroatoms. The maximum atomic E-state index is 13.9. The van der Waals surface area contributed by atoms with E-state index in [0.717, 1.165) is 4.90 Å². The lowest BCUT2D eigenvalue weighted by Gasteiger charge is -2.25. The number of nitrogens with one attached hydrogen (secondary N) is 2. The number of nitrogens with zero attached hydrogens (tertiary/aromatic N) is 2. The highest BCUT2D eigenvalue weighted by atomic mass is 16.4. The van der Waals surface area contributed by atoms with Crippen LogP contribution in [0.5, 0.6) is 0 Å². The van der Waals surface area contributed by atoms with Crippen LogP contribution in [0, 0.1) is 0 Å². The third kappa shape index (κ3) is 6.38. The number of para-hydroxylation sites is 2. The van der Waals surface area contributed by atoms with Gasteiger partial charge in [-0.2, -0.15) is 0 Å². The number of benzene rings is 3. The molecule has 0 aromatic heterocycles. The molecule has 2 atom stereocenters. The van der Waals surface area contributed by atoms with Gasteiger partial charge in [0.25, 0.3) is 17.7 Å². The molecule has 40 heavy (non-hydrogen) atoms. The minimum absolute atomic E-state index is 0.226. The van der Waals surface area contributed by atoms with Crippen molar-refractivity contribution >= 4 is 47.3 Å². The number of carbonyl (C=O) groups excluding carboxylic acids is 5. The monoisotopic (exact) mass is 542 g/mol. The summed E-state index contributed by atoms with van der Waals surface area (Å²) in [6, 6.07) is 20.6. The lowest BCUT2D eigenvalue weighted by Crippen LogP contribution is -2.54. The first-order valence-corrected chi connectivity index (χ1v) is 12.4. The molecule has 0 spiro atoms. The van der Waals surface area contributed by atoms with E-state index in [1.165, 1.54) is 4.90 Å². The molecule has 1 heterocycles. The second-order valence-corrected chi connectivity index (χ2v) is 8.99. The molecule has 3 aromatic carbocycles. The number of carboxylic acids is 1. The summed E-state index contributed by atoms with van der Waals surface area (Å²) in [5, 5.41) is 14.0. The lowest BCUT2D eigenvalue weighted by atomic mass is 10.1. The van der Waals surface area contributed by atoms with E-state index in [2.05, 4.69) is 10.6 Å². The van der Waals surface area contributed by atoms with Gasteiger partial charge in [-0.1, -0.05) is 48.5 Å². The number of hydrogen-bond donors (Lipinski definition) is 3. The van der Waals surface area contributed by atoms with Crippen molar-refractivity contribution in [1.82, 2.24) is 10.6 Å². The van der Waals surface area contributed by atoms with E-state index in [9.17, 15) is 28.8 Å². The molecule has 0 fully saturated rings. The molecule has 3 N–H and O–H groups in total. The van der Waals surface area contributed by atoms with E-state index in [-0.39, 0.29) is 12.2 Å². The van der Waals surface area contributed by atoms with E-state index in [0.29, 0.717) is 23.1 Å². The van der Waals surface area contributed by atoms with E-state index in [1.807, 2.05) is 0 Å². The fourth-order valence-corrected chi connectivity index (χ4v) is 4.33. The van der Waals surface area contributed by atoms with Crippen LogP contribution in [-0.4, -0.2) is 66.2 Å². The summed E-state index contributed by atoms with van der Waals surface area (Å²) in [4.78, 5) is 78.3. The van der Waals surface area contributed by atoms with Crippen LogP contribution >= 0.6 is 0 Å². The molecule has 0 saturated heterocycles. The van der Waals surface area contributed by atoms with Crippen LogP contribution in [0.1, 0.15) is 27.1 Å². The average molecular weight is 543 g/mol. The molecular weight excluding hydrogens is 516 g/mol. The molecule has 4 amide bonds. The van der Waals surface area contributed by atoms with Gasteiger partial charge in [0, 0.05) is 11.1 Å². The summed E-state index contributed by atoms with van der Waals surface area (Å²) in [5.41, 5.74) is 1.20. The zero-order valence-corrected chi connectivity index (χ0v) is 21.2. The summed E-state index contributed by atoms with van der Waals surface area (Å²) < 4.78 is 0. The molecule has 1 aliphatic rings. The average Bonchev–Trinajstić information content (AvgIpc) is 3.07. The fraction of sp³-hybridized carbons (Fsp3) is 0.172. The number of fused-ring (bicyclic) bond motifs is 1. The highest BCUT2D eigenvalue weighted by molar-refractivity contribution is 6.14. The predicted octanol–water partition coefficient (Wildman–Crippen LogP) is 1.64. The highest BCUT2D eigenvalue weighted by Gasteiger charge is 2.38. The van der Waals surface area contributed by atoms with Crippen molar-refractivity contribution in [3.8, 4) is 0 Å². The van der Waals surface area contributed by atoms with Gasteiger partial charge in [-0.05, 0) is 36.4 Å². The molecule has 0 unspecified atom stereocenters. The van der Waals surface area contributed by atoms with Crippen LogP contribution in [0.25, 0.3) is 0 Å². The molecular formula is C29H26N4O7. The van der Waals surface area contributed by atoms with Gasteiger partial charge in [-0.15, -0.1) is 0 Å². The number of rotatable bonds is 9. The minimum Gasteiger partial charge on any atom is -0.481 e. The Morgan fingerprint density at radius 1 is 0.875 bits per heavy atom. The van der Waals surface area contributed by atoms with Gasteiger partial charge in [0.05, 0.1) is 30.4 Å². The van der Waals surface area contributed by atoms with Crippen LogP contribution in [0.15, 0.2) is 84.9 Å². The van der Waals surface area contributed by atoms with Crippen molar-refractivity contribution in [1.29, 1.82) is 0 Å². The van der Waals surface area contributed by atoms with Crippen molar-refractivity contribution in [2.45, 2.75) is 18.5 Å². The van der Waals surface area contributed by atoms with Gasteiger partial charge in [0.2, 0.25) is 5.91 Å². The summed E-state index contributed by atoms with van der Waals surface area (Å²) in [7, 11) is 0. The second-order valence-electron chi connectivity index (χ2n) is 8.99. The topological polar surface area (TPSA) is 153 Å². The Kier molecular flexibility index (Phi) is 8.65. The first-order valence-electron chi connectivity index (χ1n) is 12.4. The van der Waals surface area contributed by atoms with E-state index in [1.54, 1.807) is 84.9 Å². The van der Waals surface area contributed by atoms with Gasteiger partial charge in [-0.25, -0.2) is 0 Å². The number of carboxylic acid groups (broad SMARTS) is 1. The molecule has 11 nitrogen and oxygen atoms in total. The highest BCUT2D eigenvalue weighted by Crippen LogP contribution is 2.33. The van der Waals surface area contributed by atoms with Crippen LogP contribution in [0.4, 0.5) is 11.4 Å². The number of aliphatic carboxylic acids is 1. The number of aldehydes is 1. The molecule has 204 valence electrons. The Labute approximate surface area is 229 Å². The van der Waals surface area contributed by atoms with Gasteiger partial charge >= 0.3 is 5.97 Å². The van der Waals surface area contributed by atoms with Gasteiger partial charge in [0.1, 0.15) is 18.9 Å². The Morgan fingerprint density at radius 3 is 2.05 bits per heavy atom. The number of hydrogen-bond acceptors (Lipinski definition) is 6. The first kappa shape index (κ1) is 27.7. The Balaban J connectivity index is 1.72. The van der Waals surface area contributed by atoms with E-state index < -0.39 is 54.6 Å². The maximum absolute atomic E-state index is 13.9. The van der Waals surface area contributed by atoms with Crippen molar-refractivity contribution in [3.05, 3.63) is 96.1 Å². The van der Waals surface area contributed by atoms with Gasteiger partial charge < -0.3 is 25.4 Å². The fourth-order valence-electron chi connectivity index (χ4n) is 4.33. The van der Waals surface area contributed by atoms with Crippen molar-refractivity contribution in [2.24, 2.45) is 0 Å². The van der Waals surface area contributed by atoms with E-state index >= 15 is 0 Å². The SMILES string of the molecule is O=C[C@H](CC(=O)O)NC(=O)CN1C(=O)[C@@H](NC(=O)c2ccccc2)CN(C(=O)c2ccccc2)c2ccccc21. The summed E-state index contributed by atoms with van der Waals surface area (Å²) in [6.45, 7) is -0.818. The number of amides is 4. The predicted molar refractivity (Wildman–Crippen MR) is 145 cm³/mol. The quantitative estimate of drug-likeness (QED) is 0.348. The van der Waals surface area contributed by atoms with Crippen molar-refractivity contribution in [3.63, 3.8) is 0 Å². The Hall–Kier alpha value is -5.32. The molecule has 3 aromatic rings. The zero-order valence-electron chi connectivity index (χ0n) is 21.2. The number of carbonyl (C=O) groups is 6. The van der Waals surface area contributed by atoms with Crippen molar-refractivity contribution < 1.29 is 33.9 Å². The molecule has 0 saturated carbocycles. The first-order chi connectivity index (χ1) is 19.3. The maximum Gasteiger partial charge on any atom is 0.305 e. The van der Waals surface area contributed by atoms with Crippen LogP contribution in [0.3, 0.4) is 0 Å². The molecule has 1 aliphatic heterocycles. The minimum atomic E-state index is -1.30. The Bertz CT molecular complexity index is 1430. The second kappa shape index (κ2) is 12.5. The van der Waals surface area contributed by atoms with Crippen LogP contribution in [0.2, 0.25) is 0 Å². The molecule has 0 radical (unpaired) electrons. The van der Waals surface area contributed by atoms with Gasteiger partial charge in [-0.3, -0.25) is 28.9 Å².